The highest BCUT2D eigenvalue weighted by Gasteiger charge is 2.30. The average molecular weight is 358 g/mol. The van der Waals surface area contributed by atoms with Crippen molar-refractivity contribution < 1.29 is 9.32 Å². The molecule has 3 aromatic rings. The Balaban J connectivity index is 1.62. The molecule has 0 radical (unpaired) electrons. The Morgan fingerprint density at radius 1 is 1.25 bits per heavy atom. The van der Waals surface area contributed by atoms with Crippen molar-refractivity contribution >= 4 is 28.6 Å². The number of fused-ring (bicyclic) bond motifs is 3. The molecule has 24 heavy (non-hydrogen) atoms. The lowest BCUT2D eigenvalue weighted by Gasteiger charge is -2.21. The first-order chi connectivity index (χ1) is 11.6. The summed E-state index contributed by atoms with van der Waals surface area (Å²) >= 11 is 3.39. The monoisotopic (exact) mass is 358 g/mol. The van der Waals surface area contributed by atoms with E-state index in [1.54, 1.807) is 22.7 Å². The molecule has 1 atom stereocenters. The van der Waals surface area contributed by atoms with Crippen molar-refractivity contribution in [3.05, 3.63) is 50.0 Å². The van der Waals surface area contributed by atoms with Gasteiger partial charge in [-0.15, -0.1) is 22.7 Å². The van der Waals surface area contributed by atoms with E-state index >= 15 is 0 Å². The van der Waals surface area contributed by atoms with E-state index in [0.717, 1.165) is 34.6 Å². The van der Waals surface area contributed by atoms with Crippen LogP contribution in [0.5, 0.6) is 0 Å². The van der Waals surface area contributed by atoms with E-state index in [-0.39, 0.29) is 11.9 Å². The fourth-order valence-corrected chi connectivity index (χ4v) is 4.98. The molecule has 1 amide bonds. The van der Waals surface area contributed by atoms with Gasteiger partial charge in [-0.25, -0.2) is 0 Å². The maximum absolute atomic E-state index is 12.8. The standard InChI is InChI=1S/C18H18N2O2S2/c1-10(2)15(14-4-3-8-23-14)19-18(21)16-12-5-6-13-11(7-9-24-13)17(12)22-20-16/h3-4,7-10,15H,5-6H2,1-2H3,(H,19,21)/t15-/m0/s1. The summed E-state index contributed by atoms with van der Waals surface area (Å²) < 4.78 is 5.52. The lowest BCUT2D eigenvalue weighted by Crippen LogP contribution is -2.32. The van der Waals surface area contributed by atoms with E-state index in [0.29, 0.717) is 11.6 Å². The van der Waals surface area contributed by atoms with Crippen LogP contribution in [-0.4, -0.2) is 11.1 Å². The van der Waals surface area contributed by atoms with Gasteiger partial charge < -0.3 is 9.84 Å². The highest BCUT2D eigenvalue weighted by atomic mass is 32.1. The maximum Gasteiger partial charge on any atom is 0.274 e. The third-order valence-corrected chi connectivity index (χ3v) is 6.33. The van der Waals surface area contributed by atoms with E-state index < -0.39 is 0 Å². The lowest BCUT2D eigenvalue weighted by molar-refractivity contribution is 0.0916. The van der Waals surface area contributed by atoms with Crippen molar-refractivity contribution in [3.8, 4) is 11.3 Å². The molecular formula is C18H18N2O2S2. The highest BCUT2D eigenvalue weighted by Crippen LogP contribution is 2.38. The van der Waals surface area contributed by atoms with Gasteiger partial charge in [0.25, 0.3) is 5.91 Å². The van der Waals surface area contributed by atoms with Crippen LogP contribution in [0.1, 0.15) is 45.7 Å². The molecular weight excluding hydrogens is 340 g/mol. The number of aromatic nitrogens is 1. The molecule has 0 unspecified atom stereocenters. The molecule has 0 spiro atoms. The Bertz CT molecular complexity index is 862. The zero-order valence-corrected chi connectivity index (χ0v) is 15.2. The summed E-state index contributed by atoms with van der Waals surface area (Å²) in [6, 6.07) is 6.11. The fourth-order valence-electron chi connectivity index (χ4n) is 3.15. The number of carbonyl (C=O) groups excluding carboxylic acids is 1. The summed E-state index contributed by atoms with van der Waals surface area (Å²) in [7, 11) is 0. The predicted octanol–water partition coefficient (Wildman–Crippen LogP) is 4.69. The zero-order chi connectivity index (χ0) is 16.7. The molecule has 4 nitrogen and oxygen atoms in total. The minimum Gasteiger partial charge on any atom is -0.355 e. The van der Waals surface area contributed by atoms with E-state index in [4.69, 9.17) is 4.52 Å². The summed E-state index contributed by atoms with van der Waals surface area (Å²) in [5.74, 6) is 0.921. The number of carbonyl (C=O) groups is 1. The summed E-state index contributed by atoms with van der Waals surface area (Å²) in [5, 5.41) is 11.3. The van der Waals surface area contributed by atoms with Crippen molar-refractivity contribution in [3.63, 3.8) is 0 Å². The molecule has 0 bridgehead atoms. The minimum atomic E-state index is -0.147. The third-order valence-electron chi connectivity index (χ3n) is 4.40. The van der Waals surface area contributed by atoms with Gasteiger partial charge in [-0.3, -0.25) is 4.79 Å². The number of nitrogens with one attached hydrogen (secondary N) is 1. The molecule has 1 aliphatic carbocycles. The lowest BCUT2D eigenvalue weighted by atomic mass is 9.95. The van der Waals surface area contributed by atoms with Crippen molar-refractivity contribution in [1.29, 1.82) is 0 Å². The fraction of sp³-hybridized carbons (Fsp3) is 0.333. The molecule has 0 saturated carbocycles. The number of hydrogen-bond donors (Lipinski definition) is 1. The molecule has 6 heteroatoms. The van der Waals surface area contributed by atoms with Crippen LogP contribution in [-0.2, 0) is 12.8 Å². The van der Waals surface area contributed by atoms with E-state index in [2.05, 4.69) is 35.8 Å². The van der Waals surface area contributed by atoms with Gasteiger partial charge in [-0.2, -0.15) is 0 Å². The zero-order valence-electron chi connectivity index (χ0n) is 13.5. The first-order valence-electron chi connectivity index (χ1n) is 8.04. The second-order valence-corrected chi connectivity index (χ2v) is 8.29. The molecule has 0 saturated heterocycles. The van der Waals surface area contributed by atoms with Crippen LogP contribution < -0.4 is 5.32 Å². The average Bonchev–Trinajstić information content (AvgIpc) is 3.29. The Morgan fingerprint density at radius 3 is 2.88 bits per heavy atom. The molecule has 124 valence electrons. The van der Waals surface area contributed by atoms with Gasteiger partial charge in [0.1, 0.15) is 0 Å². The van der Waals surface area contributed by atoms with Crippen LogP contribution >= 0.6 is 22.7 Å². The topological polar surface area (TPSA) is 55.1 Å². The van der Waals surface area contributed by atoms with Gasteiger partial charge in [-0.05, 0) is 41.7 Å². The van der Waals surface area contributed by atoms with Crippen LogP contribution in [0.4, 0.5) is 0 Å². The van der Waals surface area contributed by atoms with Crippen LogP contribution in [0, 0.1) is 5.92 Å². The first-order valence-corrected chi connectivity index (χ1v) is 9.80. The van der Waals surface area contributed by atoms with Crippen molar-refractivity contribution in [2.45, 2.75) is 32.7 Å². The quantitative estimate of drug-likeness (QED) is 0.736. The number of thiophene rings is 2. The summed E-state index contributed by atoms with van der Waals surface area (Å²) in [6.45, 7) is 4.22. The number of rotatable bonds is 4. The number of nitrogens with zero attached hydrogens (tertiary/aromatic N) is 1. The van der Waals surface area contributed by atoms with E-state index in [1.165, 1.54) is 4.88 Å². The van der Waals surface area contributed by atoms with Crippen molar-refractivity contribution in [2.24, 2.45) is 5.92 Å². The van der Waals surface area contributed by atoms with Crippen molar-refractivity contribution in [2.75, 3.05) is 0 Å². The van der Waals surface area contributed by atoms with Gasteiger partial charge in [-0.1, -0.05) is 25.1 Å². The van der Waals surface area contributed by atoms with Gasteiger partial charge in [0, 0.05) is 20.9 Å². The van der Waals surface area contributed by atoms with E-state index in [9.17, 15) is 4.79 Å². The van der Waals surface area contributed by atoms with Gasteiger partial charge in [0.15, 0.2) is 11.5 Å². The van der Waals surface area contributed by atoms with Crippen molar-refractivity contribution in [1.82, 2.24) is 10.5 Å². The molecule has 4 rings (SSSR count). The second kappa shape index (κ2) is 6.18. The Labute approximate surface area is 148 Å². The number of amides is 1. The van der Waals surface area contributed by atoms with Crippen LogP contribution in [0.2, 0.25) is 0 Å². The first kappa shape index (κ1) is 15.6. The largest absolute Gasteiger partial charge is 0.355 e. The molecule has 0 fully saturated rings. The highest BCUT2D eigenvalue weighted by molar-refractivity contribution is 7.10. The second-order valence-electron chi connectivity index (χ2n) is 6.31. The minimum absolute atomic E-state index is 0.00912. The van der Waals surface area contributed by atoms with E-state index in [1.807, 2.05) is 17.5 Å². The molecule has 1 aliphatic rings. The summed E-state index contributed by atoms with van der Waals surface area (Å²) in [5.41, 5.74) is 2.46. The third kappa shape index (κ3) is 2.59. The predicted molar refractivity (Wildman–Crippen MR) is 96.6 cm³/mol. The molecule has 0 aromatic carbocycles. The molecule has 0 aliphatic heterocycles. The van der Waals surface area contributed by atoms with Gasteiger partial charge in [0.05, 0.1) is 6.04 Å². The number of hydrogen-bond acceptors (Lipinski definition) is 5. The summed E-state index contributed by atoms with van der Waals surface area (Å²) in [6.07, 6.45) is 1.75. The van der Waals surface area contributed by atoms with Gasteiger partial charge in [0.2, 0.25) is 0 Å². The molecule has 1 N–H and O–H groups in total. The summed E-state index contributed by atoms with van der Waals surface area (Å²) in [4.78, 5) is 15.3. The van der Waals surface area contributed by atoms with Crippen LogP contribution in [0.15, 0.2) is 33.5 Å². The smallest absolute Gasteiger partial charge is 0.274 e. The Kier molecular flexibility index (Phi) is 4.02. The normalized spacial score (nSPS) is 14.3. The van der Waals surface area contributed by atoms with Crippen LogP contribution in [0.25, 0.3) is 11.3 Å². The number of aryl methyl sites for hydroxylation is 1. The van der Waals surface area contributed by atoms with Gasteiger partial charge >= 0.3 is 0 Å². The SMILES string of the molecule is CC(C)[C@H](NC(=O)c1noc2c1CCc1sccc1-2)c1cccs1. The molecule has 3 aromatic heterocycles. The Morgan fingerprint density at radius 2 is 2.12 bits per heavy atom. The Hall–Kier alpha value is -1.92. The van der Waals surface area contributed by atoms with Crippen LogP contribution in [0.3, 0.4) is 0 Å². The molecule has 3 heterocycles. The maximum atomic E-state index is 12.8.